The minimum Gasteiger partial charge on any atom is -0.462 e. The number of ether oxygens (including phenoxy) is 3. The molecule has 0 radical (unpaired) electrons. The maximum Gasteiger partial charge on any atom is 0.306 e. The first-order valence-corrected chi connectivity index (χ1v) is 35.4. The van der Waals surface area contributed by atoms with Crippen LogP contribution in [0.15, 0.2) is 72.9 Å². The van der Waals surface area contributed by atoms with Crippen molar-refractivity contribution in [2.24, 2.45) is 0 Å². The Bertz CT molecular complexity index is 1490. The summed E-state index contributed by atoms with van der Waals surface area (Å²) >= 11 is 0. The maximum atomic E-state index is 12.9. The molecule has 0 amide bonds. The lowest BCUT2D eigenvalue weighted by molar-refractivity contribution is -0.167. The predicted octanol–water partition coefficient (Wildman–Crippen LogP) is 24.4. The highest BCUT2D eigenvalue weighted by Crippen LogP contribution is 2.18. The summed E-state index contributed by atoms with van der Waals surface area (Å²) in [5, 5.41) is 0. The highest BCUT2D eigenvalue weighted by molar-refractivity contribution is 5.71. The Labute approximate surface area is 503 Å². The molecule has 0 aliphatic rings. The van der Waals surface area contributed by atoms with E-state index >= 15 is 0 Å². The molecule has 81 heavy (non-hydrogen) atoms. The van der Waals surface area contributed by atoms with Crippen LogP contribution in [0.2, 0.25) is 0 Å². The Morgan fingerprint density at radius 1 is 0.247 bits per heavy atom. The molecule has 0 aromatic heterocycles. The van der Waals surface area contributed by atoms with E-state index in [-0.39, 0.29) is 31.1 Å². The third-order valence-corrected chi connectivity index (χ3v) is 15.6. The Kier molecular flexibility index (Phi) is 66.6. The monoisotopic (exact) mass is 1130 g/mol. The lowest BCUT2D eigenvalue weighted by atomic mass is 10.0. The Morgan fingerprint density at radius 2 is 0.469 bits per heavy atom. The van der Waals surface area contributed by atoms with Gasteiger partial charge in [-0.2, -0.15) is 0 Å². The van der Waals surface area contributed by atoms with Crippen molar-refractivity contribution >= 4 is 17.9 Å². The third kappa shape index (κ3) is 67.5. The third-order valence-electron chi connectivity index (χ3n) is 15.6. The van der Waals surface area contributed by atoms with E-state index in [1.54, 1.807) is 0 Å². The maximum absolute atomic E-state index is 12.9. The van der Waals surface area contributed by atoms with Gasteiger partial charge in [0.15, 0.2) is 6.10 Å². The summed E-state index contributed by atoms with van der Waals surface area (Å²) in [7, 11) is 0. The van der Waals surface area contributed by atoms with E-state index in [2.05, 4.69) is 93.7 Å². The number of esters is 3. The topological polar surface area (TPSA) is 78.9 Å². The highest BCUT2D eigenvalue weighted by atomic mass is 16.6. The highest BCUT2D eigenvalue weighted by Gasteiger charge is 2.19. The molecule has 1 unspecified atom stereocenters. The molecule has 6 nitrogen and oxygen atoms in total. The van der Waals surface area contributed by atoms with Crippen molar-refractivity contribution in [2.45, 2.75) is 374 Å². The molecule has 6 heteroatoms. The fourth-order valence-electron chi connectivity index (χ4n) is 10.3. The molecule has 0 spiro atoms. The van der Waals surface area contributed by atoms with Crippen molar-refractivity contribution in [1.82, 2.24) is 0 Å². The van der Waals surface area contributed by atoms with Crippen LogP contribution in [0.4, 0.5) is 0 Å². The summed E-state index contributed by atoms with van der Waals surface area (Å²) in [6, 6.07) is 0. The number of unbranched alkanes of at least 4 members (excludes halogenated alkanes) is 42. The normalized spacial score (nSPS) is 12.5. The molecule has 0 aliphatic heterocycles. The first-order valence-electron chi connectivity index (χ1n) is 35.4. The van der Waals surface area contributed by atoms with Gasteiger partial charge in [-0.15, -0.1) is 0 Å². The number of hydrogen-bond donors (Lipinski definition) is 0. The van der Waals surface area contributed by atoms with Gasteiger partial charge in [-0.25, -0.2) is 0 Å². The van der Waals surface area contributed by atoms with Crippen LogP contribution in [0, 0.1) is 0 Å². The fourth-order valence-corrected chi connectivity index (χ4v) is 10.3. The van der Waals surface area contributed by atoms with E-state index in [9.17, 15) is 14.4 Å². The molecule has 0 saturated heterocycles. The van der Waals surface area contributed by atoms with Gasteiger partial charge in [0.25, 0.3) is 0 Å². The standard InChI is InChI=1S/C75H134O6/c1-4-7-10-13-16-19-22-25-27-29-30-31-32-33-34-35-36-37-38-39-40-41-42-43-44-46-47-50-53-56-59-62-65-68-74(77)80-71-72(70-79-73(76)67-64-61-58-55-52-49-24-21-18-15-12-9-6-3)81-75(78)69-66-63-60-57-54-51-48-45-28-26-23-20-17-14-11-8-5-2/h12,15,17,20-22,24-26,28-30,72H,4-11,13-14,16,18-19,23,27,31-71H2,1-3H3/b15-12-,20-17-,24-21-,25-22-,28-26-,30-29-. The van der Waals surface area contributed by atoms with Crippen LogP contribution >= 0.6 is 0 Å². The molecule has 0 aromatic carbocycles. The SMILES string of the molecule is CCC/C=C\C/C=C\CCCCCCCC(=O)OCC(COC(=O)CCCCCCCCCCCCCCCCCCCCCCC/C=C\C/C=C\CCCCCCC)OC(=O)CCCCCCCCC/C=C\C/C=C\CCCCC. The van der Waals surface area contributed by atoms with Gasteiger partial charge in [0.1, 0.15) is 13.2 Å². The summed E-state index contributed by atoms with van der Waals surface area (Å²) in [5.41, 5.74) is 0. The van der Waals surface area contributed by atoms with Crippen molar-refractivity contribution in [3.63, 3.8) is 0 Å². The summed E-state index contributed by atoms with van der Waals surface area (Å²) in [5.74, 6) is -0.884. The van der Waals surface area contributed by atoms with Gasteiger partial charge < -0.3 is 14.2 Å². The van der Waals surface area contributed by atoms with Crippen LogP contribution < -0.4 is 0 Å². The Morgan fingerprint density at radius 3 is 0.753 bits per heavy atom. The van der Waals surface area contributed by atoms with Gasteiger partial charge in [-0.1, -0.05) is 312 Å². The first kappa shape index (κ1) is 77.9. The molecule has 0 aliphatic carbocycles. The molecule has 0 fully saturated rings. The number of hydrogen-bond acceptors (Lipinski definition) is 6. The molecule has 0 aromatic rings. The van der Waals surface area contributed by atoms with E-state index in [0.29, 0.717) is 19.3 Å². The number of rotatable bonds is 65. The molecule has 470 valence electrons. The van der Waals surface area contributed by atoms with E-state index in [0.717, 1.165) is 103 Å². The first-order chi connectivity index (χ1) is 40.0. The summed E-state index contributed by atoms with van der Waals surface area (Å²) in [6.45, 7) is 6.57. The van der Waals surface area contributed by atoms with E-state index in [1.807, 2.05) is 0 Å². The lowest BCUT2D eigenvalue weighted by Gasteiger charge is -2.18. The second kappa shape index (κ2) is 69.3. The smallest absolute Gasteiger partial charge is 0.306 e. The van der Waals surface area contributed by atoms with Crippen molar-refractivity contribution < 1.29 is 28.6 Å². The summed E-state index contributed by atoms with van der Waals surface area (Å²) in [4.78, 5) is 38.3. The van der Waals surface area contributed by atoms with Crippen LogP contribution in [-0.2, 0) is 28.6 Å². The largest absolute Gasteiger partial charge is 0.462 e. The summed E-state index contributed by atoms with van der Waals surface area (Å²) < 4.78 is 16.9. The Hall–Kier alpha value is -3.15. The zero-order valence-corrected chi connectivity index (χ0v) is 54.1. The van der Waals surface area contributed by atoms with E-state index in [1.165, 1.54) is 225 Å². The van der Waals surface area contributed by atoms with Gasteiger partial charge in [0, 0.05) is 19.3 Å². The molecule has 0 N–H and O–H groups in total. The van der Waals surface area contributed by atoms with Crippen molar-refractivity contribution in [3.8, 4) is 0 Å². The van der Waals surface area contributed by atoms with Crippen molar-refractivity contribution in [1.29, 1.82) is 0 Å². The number of carbonyl (C=O) groups is 3. The summed E-state index contributed by atoms with van der Waals surface area (Å²) in [6.07, 6.45) is 90.9. The average Bonchev–Trinajstić information content (AvgIpc) is 3.46. The van der Waals surface area contributed by atoms with Crippen LogP contribution in [0.5, 0.6) is 0 Å². The number of carbonyl (C=O) groups excluding carboxylic acids is 3. The van der Waals surface area contributed by atoms with Crippen LogP contribution in [0.3, 0.4) is 0 Å². The van der Waals surface area contributed by atoms with Crippen molar-refractivity contribution in [3.05, 3.63) is 72.9 Å². The van der Waals surface area contributed by atoms with Crippen LogP contribution in [-0.4, -0.2) is 37.2 Å². The van der Waals surface area contributed by atoms with E-state index in [4.69, 9.17) is 14.2 Å². The fraction of sp³-hybridized carbons (Fsp3) is 0.800. The van der Waals surface area contributed by atoms with Gasteiger partial charge in [-0.05, 0) is 109 Å². The van der Waals surface area contributed by atoms with Crippen molar-refractivity contribution in [2.75, 3.05) is 13.2 Å². The second-order valence-electron chi connectivity index (χ2n) is 23.8. The van der Waals surface area contributed by atoms with E-state index < -0.39 is 6.10 Å². The van der Waals surface area contributed by atoms with Gasteiger partial charge in [-0.3, -0.25) is 14.4 Å². The van der Waals surface area contributed by atoms with Gasteiger partial charge in [0.2, 0.25) is 0 Å². The number of allylic oxidation sites excluding steroid dienone is 12. The molecule has 0 heterocycles. The minimum absolute atomic E-state index is 0.0799. The molecule has 0 bridgehead atoms. The molecule has 0 saturated carbocycles. The molecular weight excluding hydrogens is 997 g/mol. The Balaban J connectivity index is 4.14. The zero-order valence-electron chi connectivity index (χ0n) is 54.1. The quantitative estimate of drug-likeness (QED) is 0.0261. The van der Waals surface area contributed by atoms with Gasteiger partial charge >= 0.3 is 17.9 Å². The van der Waals surface area contributed by atoms with Crippen LogP contribution in [0.1, 0.15) is 367 Å². The predicted molar refractivity (Wildman–Crippen MR) is 353 cm³/mol. The lowest BCUT2D eigenvalue weighted by Crippen LogP contribution is -2.30. The second-order valence-corrected chi connectivity index (χ2v) is 23.8. The molecular formula is C75H134O6. The minimum atomic E-state index is -0.785. The molecule has 1 atom stereocenters. The zero-order chi connectivity index (χ0) is 58.5. The van der Waals surface area contributed by atoms with Crippen LogP contribution in [0.25, 0.3) is 0 Å². The average molecular weight is 1130 g/mol. The van der Waals surface area contributed by atoms with Gasteiger partial charge in [0.05, 0.1) is 0 Å². The molecule has 0 rings (SSSR count).